The van der Waals surface area contributed by atoms with E-state index < -0.39 is 5.97 Å². The number of carboxylic acid groups (broad SMARTS) is 1. The van der Waals surface area contributed by atoms with Gasteiger partial charge >= 0.3 is 5.97 Å². The summed E-state index contributed by atoms with van der Waals surface area (Å²) in [6.45, 7) is 2.10. The third-order valence-corrected chi connectivity index (χ3v) is 3.90. The highest BCUT2D eigenvalue weighted by molar-refractivity contribution is 5.88. The van der Waals surface area contributed by atoms with Crippen molar-refractivity contribution < 1.29 is 9.90 Å². The molecule has 1 aromatic heterocycles. The van der Waals surface area contributed by atoms with Gasteiger partial charge in [0.05, 0.1) is 5.56 Å². The first-order valence-electron chi connectivity index (χ1n) is 8.13. The monoisotopic (exact) mass is 349 g/mol. The third kappa shape index (κ3) is 3.89. The van der Waals surface area contributed by atoms with E-state index in [2.05, 4.69) is 27.5 Å². The molecule has 0 bridgehead atoms. The van der Waals surface area contributed by atoms with Crippen molar-refractivity contribution >= 4 is 34.7 Å². The van der Waals surface area contributed by atoms with E-state index in [4.69, 9.17) is 10.8 Å². The SMILES string of the molecule is CCc1ccc(Nc2ncnc(Nc3ccc(C(=O)O)cc3)c2N)cc1. The summed E-state index contributed by atoms with van der Waals surface area (Å²) in [7, 11) is 0. The molecule has 132 valence electrons. The lowest BCUT2D eigenvalue weighted by molar-refractivity contribution is 0.0697. The first-order valence-corrected chi connectivity index (χ1v) is 8.13. The Kier molecular flexibility index (Phi) is 4.98. The summed E-state index contributed by atoms with van der Waals surface area (Å²) in [6, 6.07) is 14.4. The number of hydrogen-bond acceptors (Lipinski definition) is 6. The molecule has 5 N–H and O–H groups in total. The molecule has 0 unspecified atom stereocenters. The van der Waals surface area contributed by atoms with Crippen LogP contribution in [0.3, 0.4) is 0 Å². The van der Waals surface area contributed by atoms with Gasteiger partial charge < -0.3 is 21.5 Å². The molecule has 0 saturated heterocycles. The van der Waals surface area contributed by atoms with Crippen molar-refractivity contribution in [2.45, 2.75) is 13.3 Å². The van der Waals surface area contributed by atoms with Crippen molar-refractivity contribution in [3.05, 3.63) is 66.0 Å². The van der Waals surface area contributed by atoms with E-state index in [1.807, 2.05) is 24.3 Å². The molecule has 0 amide bonds. The number of benzene rings is 2. The summed E-state index contributed by atoms with van der Waals surface area (Å²) in [5.41, 5.74) is 9.56. The van der Waals surface area contributed by atoms with Crippen LogP contribution in [-0.4, -0.2) is 21.0 Å². The van der Waals surface area contributed by atoms with Gasteiger partial charge in [0.1, 0.15) is 12.0 Å². The minimum absolute atomic E-state index is 0.212. The van der Waals surface area contributed by atoms with Gasteiger partial charge in [0.25, 0.3) is 0 Å². The number of anilines is 5. The molecule has 0 atom stereocenters. The number of hydrogen-bond donors (Lipinski definition) is 4. The van der Waals surface area contributed by atoms with Crippen molar-refractivity contribution in [1.29, 1.82) is 0 Å². The first-order chi connectivity index (χ1) is 12.6. The molecule has 0 saturated carbocycles. The maximum absolute atomic E-state index is 10.9. The number of nitrogen functional groups attached to an aromatic ring is 1. The molecule has 0 aliphatic rings. The fourth-order valence-electron chi connectivity index (χ4n) is 2.39. The molecule has 3 aromatic rings. The summed E-state index contributed by atoms with van der Waals surface area (Å²) in [5.74, 6) is -0.0386. The highest BCUT2D eigenvalue weighted by Crippen LogP contribution is 2.28. The highest BCUT2D eigenvalue weighted by Gasteiger charge is 2.09. The van der Waals surface area contributed by atoms with E-state index in [1.165, 1.54) is 24.0 Å². The van der Waals surface area contributed by atoms with Crippen LogP contribution in [0.1, 0.15) is 22.8 Å². The molecular formula is C19H19N5O2. The van der Waals surface area contributed by atoms with Crippen molar-refractivity contribution in [2.75, 3.05) is 16.4 Å². The number of carbonyl (C=O) groups is 1. The summed E-state index contributed by atoms with van der Waals surface area (Å²) >= 11 is 0. The second-order valence-corrected chi connectivity index (χ2v) is 5.67. The smallest absolute Gasteiger partial charge is 0.335 e. The Morgan fingerprint density at radius 3 is 1.92 bits per heavy atom. The predicted molar refractivity (Wildman–Crippen MR) is 102 cm³/mol. The number of nitrogens with one attached hydrogen (secondary N) is 2. The van der Waals surface area contributed by atoms with Crippen LogP contribution in [0, 0.1) is 0 Å². The summed E-state index contributed by atoms with van der Waals surface area (Å²) < 4.78 is 0. The molecule has 2 aromatic carbocycles. The van der Waals surface area contributed by atoms with Crippen LogP contribution in [0.15, 0.2) is 54.9 Å². The van der Waals surface area contributed by atoms with E-state index in [-0.39, 0.29) is 5.56 Å². The minimum Gasteiger partial charge on any atom is -0.478 e. The van der Waals surface area contributed by atoms with Crippen LogP contribution >= 0.6 is 0 Å². The maximum Gasteiger partial charge on any atom is 0.335 e. The highest BCUT2D eigenvalue weighted by atomic mass is 16.4. The van der Waals surface area contributed by atoms with Crippen molar-refractivity contribution in [3.63, 3.8) is 0 Å². The predicted octanol–water partition coefficient (Wildman–Crippen LogP) is 3.81. The van der Waals surface area contributed by atoms with Crippen molar-refractivity contribution in [1.82, 2.24) is 9.97 Å². The standard InChI is InChI=1S/C19H19N5O2/c1-2-12-3-7-14(8-4-12)23-17-16(20)18(22-11-21-17)24-15-9-5-13(6-10-15)19(25)26/h3-11H,2,20H2,1H3,(H,25,26)(H2,21,22,23,24). The molecule has 0 aliphatic carbocycles. The van der Waals surface area contributed by atoms with Gasteiger partial charge in [-0.3, -0.25) is 0 Å². The second-order valence-electron chi connectivity index (χ2n) is 5.67. The van der Waals surface area contributed by atoms with Crippen LogP contribution in [0.25, 0.3) is 0 Å². The topological polar surface area (TPSA) is 113 Å². The second kappa shape index (κ2) is 7.52. The lowest BCUT2D eigenvalue weighted by atomic mass is 10.1. The molecule has 7 nitrogen and oxygen atoms in total. The van der Waals surface area contributed by atoms with E-state index in [9.17, 15) is 4.79 Å². The van der Waals surface area contributed by atoms with E-state index in [0.717, 1.165) is 12.1 Å². The van der Waals surface area contributed by atoms with Crippen LogP contribution < -0.4 is 16.4 Å². The van der Waals surface area contributed by atoms with Gasteiger partial charge in [0.2, 0.25) is 0 Å². The molecule has 0 spiro atoms. The lowest BCUT2D eigenvalue weighted by Crippen LogP contribution is -2.05. The van der Waals surface area contributed by atoms with Gasteiger partial charge in [0, 0.05) is 11.4 Å². The van der Waals surface area contributed by atoms with Gasteiger partial charge in [-0.2, -0.15) is 0 Å². The zero-order valence-electron chi connectivity index (χ0n) is 14.2. The van der Waals surface area contributed by atoms with Crippen LogP contribution in [0.4, 0.5) is 28.7 Å². The number of carboxylic acids is 1. The summed E-state index contributed by atoms with van der Waals surface area (Å²) in [4.78, 5) is 19.3. The fourth-order valence-corrected chi connectivity index (χ4v) is 2.39. The van der Waals surface area contributed by atoms with Gasteiger partial charge in [-0.15, -0.1) is 0 Å². The Balaban J connectivity index is 1.78. The zero-order chi connectivity index (χ0) is 18.5. The van der Waals surface area contributed by atoms with E-state index >= 15 is 0 Å². The van der Waals surface area contributed by atoms with Gasteiger partial charge in [-0.1, -0.05) is 19.1 Å². The Bertz CT molecular complexity index is 908. The van der Waals surface area contributed by atoms with E-state index in [0.29, 0.717) is 23.0 Å². The first kappa shape index (κ1) is 17.2. The van der Waals surface area contributed by atoms with Crippen LogP contribution in [0.2, 0.25) is 0 Å². The van der Waals surface area contributed by atoms with Gasteiger partial charge in [0.15, 0.2) is 11.6 Å². The molecule has 0 radical (unpaired) electrons. The summed E-state index contributed by atoms with van der Waals surface area (Å²) in [5, 5.41) is 15.2. The number of aromatic carboxylic acids is 1. The average Bonchev–Trinajstić information content (AvgIpc) is 2.66. The Morgan fingerprint density at radius 2 is 1.46 bits per heavy atom. The van der Waals surface area contributed by atoms with Crippen molar-refractivity contribution in [3.8, 4) is 0 Å². The summed E-state index contributed by atoms with van der Waals surface area (Å²) in [6.07, 6.45) is 2.39. The zero-order valence-corrected chi connectivity index (χ0v) is 14.2. The minimum atomic E-state index is -0.973. The Labute approximate surface area is 150 Å². The average molecular weight is 349 g/mol. The number of aromatic nitrogens is 2. The number of nitrogens with zero attached hydrogens (tertiary/aromatic N) is 2. The Hall–Kier alpha value is -3.61. The largest absolute Gasteiger partial charge is 0.478 e. The fraction of sp³-hybridized carbons (Fsp3) is 0.105. The maximum atomic E-state index is 10.9. The molecule has 26 heavy (non-hydrogen) atoms. The molecule has 0 fully saturated rings. The molecular weight excluding hydrogens is 330 g/mol. The van der Waals surface area contributed by atoms with Gasteiger partial charge in [-0.05, 0) is 48.4 Å². The van der Waals surface area contributed by atoms with E-state index in [1.54, 1.807) is 12.1 Å². The molecule has 0 aliphatic heterocycles. The molecule has 7 heteroatoms. The quantitative estimate of drug-likeness (QED) is 0.535. The Morgan fingerprint density at radius 1 is 0.962 bits per heavy atom. The lowest BCUT2D eigenvalue weighted by Gasteiger charge is -2.13. The van der Waals surface area contributed by atoms with Crippen LogP contribution in [0.5, 0.6) is 0 Å². The van der Waals surface area contributed by atoms with Crippen LogP contribution in [-0.2, 0) is 6.42 Å². The normalized spacial score (nSPS) is 10.3. The molecule has 1 heterocycles. The molecule has 3 rings (SSSR count). The number of nitrogens with two attached hydrogens (primary N) is 1. The van der Waals surface area contributed by atoms with Crippen molar-refractivity contribution in [2.24, 2.45) is 0 Å². The number of rotatable bonds is 6. The van der Waals surface area contributed by atoms with Gasteiger partial charge in [-0.25, -0.2) is 14.8 Å². The number of aryl methyl sites for hydroxylation is 1. The third-order valence-electron chi connectivity index (χ3n) is 3.90.